The van der Waals surface area contributed by atoms with Crippen LogP contribution in [0.5, 0.6) is 5.75 Å². The van der Waals surface area contributed by atoms with Crippen molar-refractivity contribution in [3.05, 3.63) is 39.8 Å². The minimum absolute atomic E-state index is 0.0366. The summed E-state index contributed by atoms with van der Waals surface area (Å²) in [4.78, 5) is 15.6. The van der Waals surface area contributed by atoms with E-state index < -0.39 is 29.1 Å². The molecule has 5 nitrogen and oxygen atoms in total. The van der Waals surface area contributed by atoms with Crippen LogP contribution in [0.4, 0.5) is 18.9 Å². The molecule has 0 bridgehead atoms. The molecule has 0 radical (unpaired) electrons. The number of anilines is 1. The molecular formula is C15H15F3N2O3S. The molecule has 24 heavy (non-hydrogen) atoms. The molecular weight excluding hydrogens is 345 g/mol. The Labute approximate surface area is 139 Å². The summed E-state index contributed by atoms with van der Waals surface area (Å²) in [5, 5.41) is 22.7. The molecule has 1 aromatic heterocycles. The minimum atomic E-state index is -5.08. The number of hydrogen-bond acceptors (Lipinski definition) is 5. The predicted octanol–water partition coefficient (Wildman–Crippen LogP) is 3.24. The quantitative estimate of drug-likeness (QED) is 0.731. The first-order chi connectivity index (χ1) is 11.0. The molecule has 2 rings (SSSR count). The highest BCUT2D eigenvalue weighted by Crippen LogP contribution is 2.43. The van der Waals surface area contributed by atoms with Gasteiger partial charge in [-0.1, -0.05) is 6.07 Å². The van der Waals surface area contributed by atoms with Crippen molar-refractivity contribution in [3.63, 3.8) is 0 Å². The third-order valence-electron chi connectivity index (χ3n) is 3.29. The highest BCUT2D eigenvalue weighted by atomic mass is 32.1. The highest BCUT2D eigenvalue weighted by molar-refractivity contribution is 7.09. The Morgan fingerprint density at radius 2 is 2.00 bits per heavy atom. The Hall–Kier alpha value is -2.13. The van der Waals surface area contributed by atoms with Gasteiger partial charge in [0.05, 0.1) is 12.1 Å². The number of alkyl halides is 3. The number of phenols is 1. The molecule has 130 valence electrons. The van der Waals surface area contributed by atoms with Crippen LogP contribution in [0, 0.1) is 13.8 Å². The van der Waals surface area contributed by atoms with E-state index in [0.29, 0.717) is 17.0 Å². The second kappa shape index (κ2) is 6.40. The summed E-state index contributed by atoms with van der Waals surface area (Å²) in [6.45, 7) is 3.19. The van der Waals surface area contributed by atoms with E-state index in [1.54, 1.807) is 13.0 Å². The molecule has 0 aliphatic carbocycles. The molecule has 0 saturated heterocycles. The summed E-state index contributed by atoms with van der Waals surface area (Å²) in [5.41, 5.74) is -2.40. The van der Waals surface area contributed by atoms with Gasteiger partial charge in [-0.2, -0.15) is 13.2 Å². The molecule has 0 fully saturated rings. The molecule has 0 saturated carbocycles. The van der Waals surface area contributed by atoms with Crippen LogP contribution < -0.4 is 5.32 Å². The molecule has 0 aliphatic heterocycles. The van der Waals surface area contributed by atoms with E-state index in [1.165, 1.54) is 24.4 Å². The van der Waals surface area contributed by atoms with Crippen molar-refractivity contribution in [2.24, 2.45) is 0 Å². The number of thiazole rings is 1. The fraction of sp³-hybridized carbons (Fsp3) is 0.333. The Balaban J connectivity index is 2.25. The number of carbonyl (C=O) groups excluding carboxylic acids is 1. The second-order valence-corrected chi connectivity index (χ2v) is 6.26. The normalized spacial score (nSPS) is 14.2. The van der Waals surface area contributed by atoms with Crippen LogP contribution in [-0.4, -0.2) is 27.3 Å². The summed E-state index contributed by atoms with van der Waals surface area (Å²) in [6, 6.07) is 4.30. The van der Waals surface area contributed by atoms with Crippen molar-refractivity contribution < 1.29 is 28.2 Å². The van der Waals surface area contributed by atoms with Crippen molar-refractivity contribution in [2.75, 3.05) is 5.32 Å². The maximum Gasteiger partial charge on any atom is 0.424 e. The molecule has 1 unspecified atom stereocenters. The van der Waals surface area contributed by atoms with Gasteiger partial charge >= 0.3 is 6.18 Å². The molecule has 1 aromatic carbocycles. The van der Waals surface area contributed by atoms with E-state index in [0.717, 1.165) is 5.56 Å². The van der Waals surface area contributed by atoms with Crippen molar-refractivity contribution >= 4 is 22.9 Å². The maximum atomic E-state index is 13.3. The van der Waals surface area contributed by atoms with Gasteiger partial charge in [0, 0.05) is 11.1 Å². The third kappa shape index (κ3) is 3.68. The molecule has 1 atom stereocenters. The number of benzene rings is 1. The van der Waals surface area contributed by atoms with E-state index in [-0.39, 0.29) is 11.4 Å². The number of aryl methyl sites for hydroxylation is 2. The van der Waals surface area contributed by atoms with E-state index in [9.17, 15) is 28.2 Å². The van der Waals surface area contributed by atoms with Crippen LogP contribution in [0.2, 0.25) is 0 Å². The number of aromatic hydroxyl groups is 1. The lowest BCUT2D eigenvalue weighted by Gasteiger charge is -2.27. The summed E-state index contributed by atoms with van der Waals surface area (Å²) in [7, 11) is 0. The molecule has 3 N–H and O–H groups in total. The number of carbonyl (C=O) groups is 1. The fourth-order valence-electron chi connectivity index (χ4n) is 2.02. The molecule has 0 spiro atoms. The predicted molar refractivity (Wildman–Crippen MR) is 82.9 cm³/mol. The van der Waals surface area contributed by atoms with Crippen molar-refractivity contribution in [1.29, 1.82) is 0 Å². The Morgan fingerprint density at radius 1 is 1.33 bits per heavy atom. The lowest BCUT2D eigenvalue weighted by atomic mass is 9.99. The van der Waals surface area contributed by atoms with Gasteiger partial charge in [-0.25, -0.2) is 4.98 Å². The van der Waals surface area contributed by atoms with E-state index >= 15 is 0 Å². The monoisotopic (exact) mass is 360 g/mol. The van der Waals surface area contributed by atoms with Gasteiger partial charge in [-0.3, -0.25) is 4.79 Å². The van der Waals surface area contributed by atoms with E-state index in [1.807, 2.05) is 0 Å². The Kier molecular flexibility index (Phi) is 4.86. The first-order valence-corrected chi connectivity index (χ1v) is 7.72. The lowest BCUT2D eigenvalue weighted by Crippen LogP contribution is -2.45. The minimum Gasteiger partial charge on any atom is -0.506 e. The van der Waals surface area contributed by atoms with Gasteiger partial charge in [0.2, 0.25) is 11.5 Å². The largest absolute Gasteiger partial charge is 0.506 e. The fourth-order valence-corrected chi connectivity index (χ4v) is 2.93. The third-order valence-corrected chi connectivity index (χ3v) is 4.40. The van der Waals surface area contributed by atoms with Crippen molar-refractivity contribution in [3.8, 4) is 5.75 Å². The van der Waals surface area contributed by atoms with Gasteiger partial charge < -0.3 is 15.5 Å². The number of phenolic OH excluding ortho intramolecular Hbond substituents is 1. The number of nitrogens with one attached hydrogen (secondary N) is 1. The number of rotatable bonds is 4. The average molecular weight is 360 g/mol. The molecule has 9 heteroatoms. The molecule has 0 aliphatic rings. The first kappa shape index (κ1) is 18.2. The highest BCUT2D eigenvalue weighted by Gasteiger charge is 2.58. The maximum absolute atomic E-state index is 13.3. The van der Waals surface area contributed by atoms with Crippen LogP contribution >= 0.6 is 11.3 Å². The SMILES string of the molecule is Cc1ccc(NC(=O)CC(O)(c2nc(C)cs2)C(F)(F)F)c(O)c1. The number of halogens is 3. The summed E-state index contributed by atoms with van der Waals surface area (Å²) < 4.78 is 40.0. The van der Waals surface area contributed by atoms with Crippen LogP contribution in [0.15, 0.2) is 23.6 Å². The molecule has 1 amide bonds. The standard InChI is InChI=1S/C15H15F3N2O3S/c1-8-3-4-10(11(21)5-8)20-12(22)6-14(23,15(16,17)18)13-19-9(2)7-24-13/h3-5,7,21,23H,6H2,1-2H3,(H,20,22). The van der Waals surface area contributed by atoms with Gasteiger partial charge in [-0.05, 0) is 31.5 Å². The molecule has 1 heterocycles. The lowest BCUT2D eigenvalue weighted by molar-refractivity contribution is -0.266. The Morgan fingerprint density at radius 3 is 2.50 bits per heavy atom. The van der Waals surface area contributed by atoms with Gasteiger partial charge in [0.25, 0.3) is 0 Å². The van der Waals surface area contributed by atoms with Gasteiger partial charge in [0.1, 0.15) is 10.8 Å². The Bertz CT molecular complexity index is 761. The zero-order chi connectivity index (χ0) is 18.1. The average Bonchev–Trinajstić information content (AvgIpc) is 2.87. The number of hydrogen-bond donors (Lipinski definition) is 3. The summed E-state index contributed by atoms with van der Waals surface area (Å²) in [5.74, 6) is -1.37. The summed E-state index contributed by atoms with van der Waals surface area (Å²) >= 11 is 0.626. The topological polar surface area (TPSA) is 82.5 Å². The summed E-state index contributed by atoms with van der Waals surface area (Å²) in [6.07, 6.45) is -6.35. The van der Waals surface area contributed by atoms with Crippen molar-refractivity contribution in [2.45, 2.75) is 32.0 Å². The first-order valence-electron chi connectivity index (χ1n) is 6.84. The molecule has 2 aromatic rings. The second-order valence-electron chi connectivity index (χ2n) is 5.40. The van der Waals surface area contributed by atoms with Crippen LogP contribution in [0.3, 0.4) is 0 Å². The van der Waals surface area contributed by atoms with Gasteiger partial charge in [0.15, 0.2) is 0 Å². The number of nitrogens with zero attached hydrogens (tertiary/aromatic N) is 1. The van der Waals surface area contributed by atoms with Crippen LogP contribution in [-0.2, 0) is 10.4 Å². The zero-order valence-corrected chi connectivity index (χ0v) is 13.6. The number of aromatic nitrogens is 1. The van der Waals surface area contributed by atoms with Crippen LogP contribution in [0.25, 0.3) is 0 Å². The van der Waals surface area contributed by atoms with E-state index in [4.69, 9.17) is 0 Å². The number of aliphatic hydroxyl groups is 1. The smallest absolute Gasteiger partial charge is 0.424 e. The van der Waals surface area contributed by atoms with Gasteiger partial charge in [-0.15, -0.1) is 11.3 Å². The van der Waals surface area contributed by atoms with E-state index in [2.05, 4.69) is 10.3 Å². The van der Waals surface area contributed by atoms with Crippen molar-refractivity contribution in [1.82, 2.24) is 4.98 Å². The van der Waals surface area contributed by atoms with Crippen LogP contribution in [0.1, 0.15) is 22.7 Å². The number of amides is 1. The zero-order valence-electron chi connectivity index (χ0n) is 12.8.